The first-order valence-corrected chi connectivity index (χ1v) is 10.4. The van der Waals surface area contributed by atoms with Crippen LogP contribution in [-0.4, -0.2) is 67.1 Å². The molecule has 1 saturated heterocycles. The predicted octanol–water partition coefficient (Wildman–Crippen LogP) is 2.71. The second-order valence-electron chi connectivity index (χ2n) is 6.98. The maximum Gasteiger partial charge on any atom is 0.218 e. The number of hydrogen-bond donors (Lipinski definition) is 1. The van der Waals surface area contributed by atoms with Gasteiger partial charge in [0.2, 0.25) is 10.3 Å². The average Bonchev–Trinajstić information content (AvgIpc) is 3.41. The molecule has 2 aromatic heterocycles. The zero-order valence-electron chi connectivity index (χ0n) is 17.0. The van der Waals surface area contributed by atoms with Crippen molar-refractivity contribution in [3.63, 3.8) is 0 Å². The molecule has 0 saturated carbocycles. The normalized spacial score (nSPS) is 14.8. The van der Waals surface area contributed by atoms with Crippen molar-refractivity contribution in [2.75, 3.05) is 57.7 Å². The van der Waals surface area contributed by atoms with Gasteiger partial charge in [0, 0.05) is 62.0 Å². The summed E-state index contributed by atoms with van der Waals surface area (Å²) in [5.41, 5.74) is 2.04. The van der Waals surface area contributed by atoms with E-state index in [0.717, 1.165) is 59.3 Å². The first-order chi connectivity index (χ1) is 14.2. The van der Waals surface area contributed by atoms with Crippen LogP contribution in [0, 0.1) is 0 Å². The van der Waals surface area contributed by atoms with Crippen LogP contribution in [0.4, 0.5) is 10.8 Å². The Labute approximate surface area is 174 Å². The summed E-state index contributed by atoms with van der Waals surface area (Å²) in [6.45, 7) is 4.73. The summed E-state index contributed by atoms with van der Waals surface area (Å²) in [5, 5.41) is 14.2. The van der Waals surface area contributed by atoms with Crippen molar-refractivity contribution in [2.45, 2.75) is 6.54 Å². The monoisotopic (exact) mass is 414 g/mol. The third-order valence-electron chi connectivity index (χ3n) is 5.04. The first kappa shape index (κ1) is 19.5. The summed E-state index contributed by atoms with van der Waals surface area (Å²) in [4.78, 5) is 4.65. The molecule has 8 nitrogen and oxygen atoms in total. The summed E-state index contributed by atoms with van der Waals surface area (Å²) >= 11 is 1.63. The van der Waals surface area contributed by atoms with Crippen LogP contribution in [0.25, 0.3) is 5.13 Å². The summed E-state index contributed by atoms with van der Waals surface area (Å²) in [6, 6.07) is 9.87. The minimum Gasteiger partial charge on any atom is -0.497 e. The summed E-state index contributed by atoms with van der Waals surface area (Å²) in [5.74, 6) is 1.51. The Morgan fingerprint density at radius 1 is 1.00 bits per heavy atom. The zero-order chi connectivity index (χ0) is 20.2. The summed E-state index contributed by atoms with van der Waals surface area (Å²) < 4.78 is 12.8. The second kappa shape index (κ2) is 8.71. The molecular weight excluding hydrogens is 388 g/mol. The Morgan fingerprint density at radius 2 is 1.69 bits per heavy atom. The van der Waals surface area contributed by atoms with Gasteiger partial charge in [0.1, 0.15) is 11.5 Å². The lowest BCUT2D eigenvalue weighted by Crippen LogP contribution is -2.44. The van der Waals surface area contributed by atoms with Gasteiger partial charge in [-0.3, -0.25) is 4.57 Å². The molecule has 1 N–H and O–H groups in total. The Morgan fingerprint density at radius 3 is 2.38 bits per heavy atom. The van der Waals surface area contributed by atoms with E-state index < -0.39 is 0 Å². The molecule has 154 valence electrons. The molecule has 0 bridgehead atoms. The standard InChI is InChI=1S/C20H26N6O2S/c1-24-7-9-25(10-8-24)19-22-23-20(29-19)26-6-4-5-16(26)14-21-15-11-17(27-2)13-18(12-15)28-3/h4-6,11-13,21H,7-10,14H2,1-3H3. The molecule has 0 radical (unpaired) electrons. The van der Waals surface area contributed by atoms with Crippen molar-refractivity contribution < 1.29 is 9.47 Å². The van der Waals surface area contributed by atoms with E-state index in [1.165, 1.54) is 0 Å². The van der Waals surface area contributed by atoms with Crippen molar-refractivity contribution in [1.82, 2.24) is 19.7 Å². The molecule has 29 heavy (non-hydrogen) atoms. The van der Waals surface area contributed by atoms with E-state index in [1.807, 2.05) is 30.5 Å². The fraction of sp³-hybridized carbons (Fsp3) is 0.400. The van der Waals surface area contributed by atoms with Gasteiger partial charge >= 0.3 is 0 Å². The third-order valence-corrected chi connectivity index (χ3v) is 6.03. The topological polar surface area (TPSA) is 67.7 Å². The van der Waals surface area contributed by atoms with Gasteiger partial charge in [-0.15, -0.1) is 10.2 Å². The van der Waals surface area contributed by atoms with Crippen LogP contribution < -0.4 is 19.7 Å². The molecule has 1 fully saturated rings. The molecule has 0 aliphatic carbocycles. The molecule has 3 heterocycles. The Balaban J connectivity index is 1.47. The molecule has 1 aliphatic heterocycles. The number of ether oxygens (including phenoxy) is 2. The molecule has 0 unspecified atom stereocenters. The molecule has 0 spiro atoms. The lowest BCUT2D eigenvalue weighted by Gasteiger charge is -2.31. The number of aromatic nitrogens is 3. The molecule has 0 amide bonds. The lowest BCUT2D eigenvalue weighted by atomic mass is 10.2. The van der Waals surface area contributed by atoms with Crippen LogP contribution in [0.2, 0.25) is 0 Å². The number of nitrogens with zero attached hydrogens (tertiary/aromatic N) is 5. The van der Waals surface area contributed by atoms with E-state index >= 15 is 0 Å². The molecular formula is C20H26N6O2S. The predicted molar refractivity (Wildman–Crippen MR) is 116 cm³/mol. The second-order valence-corrected chi connectivity index (χ2v) is 7.92. The Bertz CT molecular complexity index is 926. The minimum absolute atomic E-state index is 0.646. The van der Waals surface area contributed by atoms with E-state index in [0.29, 0.717) is 6.54 Å². The van der Waals surface area contributed by atoms with Gasteiger partial charge in [-0.2, -0.15) is 0 Å². The highest BCUT2D eigenvalue weighted by atomic mass is 32.1. The highest BCUT2D eigenvalue weighted by molar-refractivity contribution is 7.17. The van der Waals surface area contributed by atoms with Crippen molar-refractivity contribution in [3.05, 3.63) is 42.2 Å². The number of piperazine rings is 1. The fourth-order valence-corrected chi connectivity index (χ4v) is 4.19. The van der Waals surface area contributed by atoms with Gasteiger partial charge in [-0.05, 0) is 19.2 Å². The number of hydrogen-bond acceptors (Lipinski definition) is 8. The molecule has 1 aromatic carbocycles. The quantitative estimate of drug-likeness (QED) is 0.638. The van der Waals surface area contributed by atoms with Gasteiger partial charge < -0.3 is 24.6 Å². The van der Waals surface area contributed by atoms with E-state index in [2.05, 4.69) is 43.0 Å². The van der Waals surface area contributed by atoms with Gasteiger partial charge in [-0.1, -0.05) is 11.3 Å². The van der Waals surface area contributed by atoms with Crippen molar-refractivity contribution in [1.29, 1.82) is 0 Å². The average molecular weight is 415 g/mol. The number of benzene rings is 1. The van der Waals surface area contributed by atoms with Crippen molar-refractivity contribution >= 4 is 22.2 Å². The summed E-state index contributed by atoms with van der Waals surface area (Å²) in [7, 11) is 5.45. The van der Waals surface area contributed by atoms with E-state index in [9.17, 15) is 0 Å². The molecule has 1 aliphatic rings. The van der Waals surface area contributed by atoms with E-state index in [1.54, 1.807) is 25.6 Å². The highest BCUT2D eigenvalue weighted by Crippen LogP contribution is 2.28. The van der Waals surface area contributed by atoms with Crippen LogP contribution in [0.15, 0.2) is 36.5 Å². The minimum atomic E-state index is 0.646. The van der Waals surface area contributed by atoms with Crippen molar-refractivity contribution in [2.24, 2.45) is 0 Å². The Hall–Kier alpha value is -2.78. The van der Waals surface area contributed by atoms with Gasteiger partial charge in [0.25, 0.3) is 0 Å². The van der Waals surface area contributed by atoms with Crippen LogP contribution in [-0.2, 0) is 6.54 Å². The maximum atomic E-state index is 5.34. The molecule has 9 heteroatoms. The number of rotatable bonds is 7. The summed E-state index contributed by atoms with van der Waals surface area (Å²) in [6.07, 6.45) is 2.03. The zero-order valence-corrected chi connectivity index (χ0v) is 17.8. The number of methoxy groups -OCH3 is 2. The van der Waals surface area contributed by atoms with Crippen LogP contribution >= 0.6 is 11.3 Å². The smallest absolute Gasteiger partial charge is 0.218 e. The number of likely N-dealkylation sites (N-methyl/N-ethyl adjacent to an activating group) is 1. The molecule has 4 rings (SSSR count). The molecule has 0 atom stereocenters. The fourth-order valence-electron chi connectivity index (χ4n) is 3.28. The van der Waals surface area contributed by atoms with Crippen LogP contribution in [0.3, 0.4) is 0 Å². The molecule has 3 aromatic rings. The van der Waals surface area contributed by atoms with E-state index in [-0.39, 0.29) is 0 Å². The lowest BCUT2D eigenvalue weighted by molar-refractivity contribution is 0.312. The largest absolute Gasteiger partial charge is 0.497 e. The van der Waals surface area contributed by atoms with Gasteiger partial charge in [-0.25, -0.2) is 0 Å². The third kappa shape index (κ3) is 4.46. The SMILES string of the molecule is COc1cc(NCc2cccn2-c2nnc(N3CCN(C)CC3)s2)cc(OC)c1. The van der Waals surface area contributed by atoms with Gasteiger partial charge in [0.15, 0.2) is 0 Å². The Kier molecular flexibility index (Phi) is 5.86. The van der Waals surface area contributed by atoms with Crippen LogP contribution in [0.5, 0.6) is 11.5 Å². The first-order valence-electron chi connectivity index (χ1n) is 9.57. The number of nitrogens with one attached hydrogen (secondary N) is 1. The maximum absolute atomic E-state index is 5.34. The van der Waals surface area contributed by atoms with E-state index in [4.69, 9.17) is 9.47 Å². The van der Waals surface area contributed by atoms with Crippen molar-refractivity contribution in [3.8, 4) is 16.6 Å². The van der Waals surface area contributed by atoms with Crippen LogP contribution in [0.1, 0.15) is 5.69 Å². The van der Waals surface area contributed by atoms with Gasteiger partial charge in [0.05, 0.1) is 20.8 Å². The number of anilines is 2. The highest BCUT2D eigenvalue weighted by Gasteiger charge is 2.19.